The van der Waals surface area contributed by atoms with Crippen LogP contribution in [0.5, 0.6) is 0 Å². The van der Waals surface area contributed by atoms with Gasteiger partial charge in [0.1, 0.15) is 5.69 Å². The number of hydrogen-bond donors (Lipinski definition) is 2. The lowest BCUT2D eigenvalue weighted by Gasteiger charge is -2.11. The first-order valence-corrected chi connectivity index (χ1v) is 8.07. The number of nitrogens with one attached hydrogen (secondary N) is 2. The molecule has 0 saturated heterocycles. The zero-order chi connectivity index (χ0) is 18.1. The molecule has 6 heteroatoms. The van der Waals surface area contributed by atoms with Crippen LogP contribution in [-0.2, 0) is 0 Å². The highest BCUT2D eigenvalue weighted by molar-refractivity contribution is 6.04. The lowest BCUT2D eigenvalue weighted by Crippen LogP contribution is -2.15. The molecule has 26 heavy (non-hydrogen) atoms. The number of benzene rings is 2. The van der Waals surface area contributed by atoms with E-state index in [1.54, 1.807) is 24.3 Å². The summed E-state index contributed by atoms with van der Waals surface area (Å²) in [6, 6.07) is 16.0. The van der Waals surface area contributed by atoms with Crippen molar-refractivity contribution in [1.29, 1.82) is 0 Å². The minimum atomic E-state index is -0.391. The van der Waals surface area contributed by atoms with Gasteiger partial charge >= 0.3 is 0 Å². The van der Waals surface area contributed by atoms with Gasteiger partial charge in [0.25, 0.3) is 11.5 Å². The van der Waals surface area contributed by atoms with E-state index in [9.17, 15) is 9.59 Å². The summed E-state index contributed by atoms with van der Waals surface area (Å²) in [6.45, 7) is 1.91. The van der Waals surface area contributed by atoms with Gasteiger partial charge in [-0.25, -0.2) is 4.98 Å². The summed E-state index contributed by atoms with van der Waals surface area (Å²) in [7, 11) is 0. The maximum Gasteiger partial charge on any atom is 0.291 e. The summed E-state index contributed by atoms with van der Waals surface area (Å²) in [5.74, 6) is -0.200. The van der Waals surface area contributed by atoms with Gasteiger partial charge in [0.05, 0.1) is 23.0 Å². The number of amides is 1. The molecule has 4 aromatic rings. The summed E-state index contributed by atoms with van der Waals surface area (Å²) in [4.78, 5) is 32.2. The Bertz CT molecular complexity index is 1160. The highest BCUT2D eigenvalue weighted by Crippen LogP contribution is 2.27. The molecule has 0 spiro atoms. The fraction of sp³-hybridized carbons (Fsp3) is 0.0500. The number of aryl methyl sites for hydroxylation is 1. The molecule has 2 N–H and O–H groups in total. The fourth-order valence-electron chi connectivity index (χ4n) is 2.77. The monoisotopic (exact) mass is 345 g/mol. The molecular formula is C20H15N3O3. The van der Waals surface area contributed by atoms with E-state index in [4.69, 9.17) is 4.42 Å². The summed E-state index contributed by atoms with van der Waals surface area (Å²) in [5.41, 5.74) is 3.26. The number of aromatic nitrogens is 2. The Morgan fingerprint density at radius 1 is 1.12 bits per heavy atom. The molecule has 6 nitrogen and oxygen atoms in total. The van der Waals surface area contributed by atoms with Crippen LogP contribution in [0, 0.1) is 6.92 Å². The topological polar surface area (TPSA) is 88.0 Å². The highest BCUT2D eigenvalue weighted by Gasteiger charge is 2.16. The summed E-state index contributed by atoms with van der Waals surface area (Å²) < 4.78 is 5.12. The molecule has 128 valence electrons. The molecular weight excluding hydrogens is 330 g/mol. The Hall–Kier alpha value is -3.67. The first kappa shape index (κ1) is 15.8. The number of H-pyrrole nitrogens is 1. The van der Waals surface area contributed by atoms with E-state index in [0.29, 0.717) is 22.3 Å². The molecule has 0 aliphatic carbocycles. The number of anilines is 1. The summed E-state index contributed by atoms with van der Waals surface area (Å²) in [5, 5.41) is 2.79. The SMILES string of the molecule is Cc1ccc(NC(=O)c2ccco2)c(-c2nc3ccccc3[nH]c2=O)c1. The van der Waals surface area contributed by atoms with Crippen LogP contribution >= 0.6 is 0 Å². The summed E-state index contributed by atoms with van der Waals surface area (Å²) in [6.07, 6.45) is 1.43. The number of furan rings is 1. The molecule has 0 saturated carbocycles. The first-order valence-electron chi connectivity index (χ1n) is 8.07. The van der Waals surface area contributed by atoms with Gasteiger partial charge in [0, 0.05) is 5.56 Å². The van der Waals surface area contributed by atoms with Crippen LogP contribution in [0.25, 0.3) is 22.3 Å². The molecule has 0 aliphatic heterocycles. The van der Waals surface area contributed by atoms with Crippen molar-refractivity contribution in [1.82, 2.24) is 9.97 Å². The zero-order valence-corrected chi connectivity index (χ0v) is 13.9. The van der Waals surface area contributed by atoms with Crippen LogP contribution in [0.15, 0.2) is 70.1 Å². The smallest absolute Gasteiger partial charge is 0.291 e. The zero-order valence-electron chi connectivity index (χ0n) is 13.9. The number of hydrogen-bond acceptors (Lipinski definition) is 4. The van der Waals surface area contributed by atoms with Crippen molar-refractivity contribution in [3.63, 3.8) is 0 Å². The van der Waals surface area contributed by atoms with Crippen LogP contribution in [0.1, 0.15) is 16.1 Å². The standard InChI is InChI=1S/C20H15N3O3/c1-12-8-9-14(22-19(24)17-7-4-10-26-17)13(11-12)18-20(25)23-16-6-3-2-5-15(16)21-18/h2-11H,1H3,(H,22,24)(H,23,25). The van der Waals surface area contributed by atoms with Gasteiger partial charge in [-0.15, -0.1) is 0 Å². The van der Waals surface area contributed by atoms with Crippen LogP contribution in [0.4, 0.5) is 5.69 Å². The van der Waals surface area contributed by atoms with Gasteiger partial charge in [-0.3, -0.25) is 9.59 Å². The quantitative estimate of drug-likeness (QED) is 0.592. The molecule has 0 atom stereocenters. The number of rotatable bonds is 3. The van der Waals surface area contributed by atoms with E-state index >= 15 is 0 Å². The number of nitrogens with zero attached hydrogens (tertiary/aromatic N) is 1. The van der Waals surface area contributed by atoms with Crippen LogP contribution in [-0.4, -0.2) is 15.9 Å². The van der Waals surface area contributed by atoms with Crippen molar-refractivity contribution in [2.45, 2.75) is 6.92 Å². The molecule has 2 heterocycles. The van der Waals surface area contributed by atoms with Crippen LogP contribution in [0.3, 0.4) is 0 Å². The predicted octanol–water partition coefficient (Wildman–Crippen LogP) is 3.74. The second-order valence-electron chi connectivity index (χ2n) is 5.91. The van der Waals surface area contributed by atoms with E-state index in [1.807, 2.05) is 37.3 Å². The van der Waals surface area contributed by atoms with Gasteiger partial charge in [0.15, 0.2) is 5.76 Å². The predicted molar refractivity (Wildman–Crippen MR) is 99.2 cm³/mol. The van der Waals surface area contributed by atoms with Gasteiger partial charge in [-0.05, 0) is 43.3 Å². The first-order chi connectivity index (χ1) is 12.6. The van der Waals surface area contributed by atoms with E-state index in [2.05, 4.69) is 15.3 Å². The van der Waals surface area contributed by atoms with Gasteiger partial charge in [-0.1, -0.05) is 23.8 Å². The molecule has 0 radical (unpaired) electrons. The Morgan fingerprint density at radius 3 is 2.77 bits per heavy atom. The summed E-state index contributed by atoms with van der Waals surface area (Å²) >= 11 is 0. The molecule has 0 bridgehead atoms. The van der Waals surface area contributed by atoms with Gasteiger partial charge in [0.2, 0.25) is 0 Å². The highest BCUT2D eigenvalue weighted by atomic mass is 16.3. The fourth-order valence-corrected chi connectivity index (χ4v) is 2.77. The lowest BCUT2D eigenvalue weighted by molar-refractivity contribution is 0.0996. The van der Waals surface area contributed by atoms with E-state index in [1.165, 1.54) is 6.26 Å². The third-order valence-electron chi connectivity index (χ3n) is 4.02. The Balaban J connectivity index is 1.84. The molecule has 0 fully saturated rings. The molecule has 1 amide bonds. The Labute approximate surface area is 148 Å². The van der Waals surface area contributed by atoms with Crippen LogP contribution in [0.2, 0.25) is 0 Å². The Kier molecular flexibility index (Phi) is 3.85. The number of fused-ring (bicyclic) bond motifs is 1. The van der Waals surface area contributed by atoms with Crippen molar-refractivity contribution < 1.29 is 9.21 Å². The van der Waals surface area contributed by atoms with Crippen LogP contribution < -0.4 is 10.9 Å². The number of carbonyl (C=O) groups is 1. The maximum absolute atomic E-state index is 12.6. The molecule has 0 aliphatic rings. The average Bonchev–Trinajstić information content (AvgIpc) is 3.17. The third-order valence-corrected chi connectivity index (χ3v) is 4.02. The van der Waals surface area contributed by atoms with Crippen molar-refractivity contribution in [2.24, 2.45) is 0 Å². The van der Waals surface area contributed by atoms with Gasteiger partial charge in [-0.2, -0.15) is 0 Å². The van der Waals surface area contributed by atoms with Crippen molar-refractivity contribution in [3.05, 3.63) is 82.5 Å². The maximum atomic E-state index is 12.6. The lowest BCUT2D eigenvalue weighted by atomic mass is 10.1. The average molecular weight is 345 g/mol. The second kappa shape index (κ2) is 6.33. The molecule has 0 unspecified atom stereocenters. The van der Waals surface area contributed by atoms with E-state index < -0.39 is 5.91 Å². The van der Waals surface area contributed by atoms with Crippen molar-refractivity contribution in [2.75, 3.05) is 5.32 Å². The molecule has 2 aromatic carbocycles. The van der Waals surface area contributed by atoms with Crippen molar-refractivity contribution >= 4 is 22.6 Å². The second-order valence-corrected chi connectivity index (χ2v) is 5.91. The van der Waals surface area contributed by atoms with Crippen molar-refractivity contribution in [3.8, 4) is 11.3 Å². The normalized spacial score (nSPS) is 10.8. The number of carbonyl (C=O) groups excluding carboxylic acids is 1. The molecule has 4 rings (SSSR count). The largest absolute Gasteiger partial charge is 0.459 e. The number of aromatic amines is 1. The molecule has 2 aromatic heterocycles. The minimum Gasteiger partial charge on any atom is -0.459 e. The van der Waals surface area contributed by atoms with Gasteiger partial charge < -0.3 is 14.7 Å². The van der Waals surface area contributed by atoms with E-state index in [0.717, 1.165) is 5.56 Å². The third kappa shape index (κ3) is 2.88. The van der Waals surface area contributed by atoms with E-state index in [-0.39, 0.29) is 17.0 Å². The minimum absolute atomic E-state index is 0.192. The number of para-hydroxylation sites is 2. The Morgan fingerprint density at radius 2 is 1.96 bits per heavy atom.